The summed E-state index contributed by atoms with van der Waals surface area (Å²) in [5.41, 5.74) is 1.84. The van der Waals surface area contributed by atoms with Crippen molar-refractivity contribution in [1.29, 1.82) is 0 Å². The van der Waals surface area contributed by atoms with Gasteiger partial charge in [0.15, 0.2) is 5.16 Å². The molecule has 27 heavy (non-hydrogen) atoms. The second kappa shape index (κ2) is 6.61. The Morgan fingerprint density at radius 2 is 2.26 bits per heavy atom. The first-order valence-corrected chi connectivity index (χ1v) is 10.4. The van der Waals surface area contributed by atoms with Gasteiger partial charge in [0.25, 0.3) is 5.56 Å². The van der Waals surface area contributed by atoms with E-state index in [1.54, 1.807) is 29.8 Å². The van der Waals surface area contributed by atoms with Crippen LogP contribution in [0.1, 0.15) is 22.7 Å². The van der Waals surface area contributed by atoms with Gasteiger partial charge >= 0.3 is 0 Å². The maximum Gasteiger partial charge on any atom is 0.259 e. The van der Waals surface area contributed by atoms with Crippen molar-refractivity contribution in [1.82, 2.24) is 19.5 Å². The van der Waals surface area contributed by atoms with Crippen LogP contribution in [-0.2, 0) is 18.6 Å². The minimum atomic E-state index is -0.292. The summed E-state index contributed by atoms with van der Waals surface area (Å²) in [6.07, 6.45) is 6.61. The minimum Gasteiger partial charge on any atom is -0.309 e. The Balaban J connectivity index is 1.43. The van der Waals surface area contributed by atoms with Gasteiger partial charge in [-0.05, 0) is 43.0 Å². The fourth-order valence-electron chi connectivity index (χ4n) is 3.47. The fraction of sp³-hybridized carbons (Fsp3) is 0.211. The standard InChI is InChI=1S/C19H15FN4OS2/c20-11-3-1-4-12(9-11)24-8-7-21-19(24)26-10-15-22-17(25)16-13-5-2-6-14(13)27-18(16)23-15/h1,3-4,7-9H,2,5-6,10H2,(H,22,23,25). The van der Waals surface area contributed by atoms with E-state index in [0.717, 1.165) is 34.6 Å². The van der Waals surface area contributed by atoms with Crippen LogP contribution >= 0.6 is 23.1 Å². The molecule has 1 aliphatic rings. The summed E-state index contributed by atoms with van der Waals surface area (Å²) >= 11 is 3.09. The lowest BCUT2D eigenvalue weighted by molar-refractivity contribution is 0.626. The molecule has 0 amide bonds. The molecular weight excluding hydrogens is 383 g/mol. The lowest BCUT2D eigenvalue weighted by Gasteiger charge is -2.07. The van der Waals surface area contributed by atoms with E-state index < -0.39 is 0 Å². The number of H-pyrrole nitrogens is 1. The number of aromatic nitrogens is 4. The molecule has 1 N–H and O–H groups in total. The third-order valence-electron chi connectivity index (χ3n) is 4.66. The summed E-state index contributed by atoms with van der Waals surface area (Å²) in [5.74, 6) is 0.825. The van der Waals surface area contributed by atoms with Gasteiger partial charge in [-0.25, -0.2) is 14.4 Å². The van der Waals surface area contributed by atoms with Gasteiger partial charge in [0.2, 0.25) is 0 Å². The molecule has 1 aliphatic carbocycles. The molecule has 0 radical (unpaired) electrons. The molecule has 0 saturated heterocycles. The van der Waals surface area contributed by atoms with E-state index >= 15 is 0 Å². The number of thioether (sulfide) groups is 1. The van der Waals surface area contributed by atoms with Crippen molar-refractivity contribution in [2.75, 3.05) is 0 Å². The number of benzene rings is 1. The SMILES string of the molecule is O=c1[nH]c(CSc2nccn2-c2cccc(F)c2)nc2sc3c(c12)CCC3. The zero-order valence-electron chi connectivity index (χ0n) is 14.2. The quantitative estimate of drug-likeness (QED) is 0.526. The Hall–Kier alpha value is -2.45. The fourth-order valence-corrected chi connectivity index (χ4v) is 5.59. The highest BCUT2D eigenvalue weighted by Crippen LogP contribution is 2.34. The molecule has 4 aromatic rings. The predicted octanol–water partition coefficient (Wildman–Crippen LogP) is 4.09. The Morgan fingerprint density at radius 1 is 1.33 bits per heavy atom. The number of hydrogen-bond acceptors (Lipinski definition) is 5. The van der Waals surface area contributed by atoms with Crippen molar-refractivity contribution in [3.8, 4) is 5.69 Å². The number of nitrogens with zero attached hydrogens (tertiary/aromatic N) is 3. The highest BCUT2D eigenvalue weighted by molar-refractivity contribution is 7.98. The zero-order valence-corrected chi connectivity index (χ0v) is 15.9. The molecule has 0 bridgehead atoms. The number of nitrogens with one attached hydrogen (secondary N) is 1. The molecule has 0 atom stereocenters. The number of halogens is 1. The molecule has 1 aromatic carbocycles. The summed E-state index contributed by atoms with van der Waals surface area (Å²) in [5, 5.41) is 1.49. The Labute approximate surface area is 162 Å². The highest BCUT2D eigenvalue weighted by atomic mass is 32.2. The van der Waals surface area contributed by atoms with Crippen molar-refractivity contribution in [3.05, 3.63) is 69.1 Å². The largest absolute Gasteiger partial charge is 0.309 e. The predicted molar refractivity (Wildman–Crippen MR) is 105 cm³/mol. The van der Waals surface area contributed by atoms with Gasteiger partial charge in [-0.15, -0.1) is 11.3 Å². The van der Waals surface area contributed by atoms with Gasteiger partial charge in [0, 0.05) is 17.3 Å². The number of aromatic amines is 1. The molecular formula is C19H15FN4OS2. The monoisotopic (exact) mass is 398 g/mol. The maximum atomic E-state index is 13.5. The first-order chi connectivity index (χ1) is 13.2. The molecule has 8 heteroatoms. The molecule has 0 fully saturated rings. The first kappa shape index (κ1) is 16.7. The summed E-state index contributed by atoms with van der Waals surface area (Å²) in [6, 6.07) is 6.37. The number of aryl methyl sites for hydroxylation is 2. The van der Waals surface area contributed by atoms with Gasteiger partial charge in [0.05, 0.1) is 16.8 Å². The van der Waals surface area contributed by atoms with Gasteiger partial charge < -0.3 is 4.98 Å². The maximum absolute atomic E-state index is 13.5. The number of hydrogen-bond donors (Lipinski definition) is 1. The van der Waals surface area contributed by atoms with Crippen molar-refractivity contribution in [3.63, 3.8) is 0 Å². The molecule has 136 valence electrons. The van der Waals surface area contributed by atoms with Crippen molar-refractivity contribution in [2.45, 2.75) is 30.2 Å². The number of thiophene rings is 1. The molecule has 0 spiro atoms. The third kappa shape index (κ3) is 2.98. The van der Waals surface area contributed by atoms with E-state index in [9.17, 15) is 9.18 Å². The summed E-state index contributed by atoms with van der Waals surface area (Å²) in [4.78, 5) is 26.6. The lowest BCUT2D eigenvalue weighted by atomic mass is 10.2. The van der Waals surface area contributed by atoms with Crippen LogP contribution in [0.5, 0.6) is 0 Å². The van der Waals surface area contributed by atoms with Crippen LogP contribution in [0.3, 0.4) is 0 Å². The van der Waals surface area contributed by atoms with Crippen LogP contribution in [-0.4, -0.2) is 19.5 Å². The van der Waals surface area contributed by atoms with Crippen LogP contribution in [0.2, 0.25) is 0 Å². The van der Waals surface area contributed by atoms with Gasteiger partial charge in [0.1, 0.15) is 16.5 Å². The Bertz CT molecular complexity index is 1210. The van der Waals surface area contributed by atoms with Crippen LogP contribution in [0, 0.1) is 5.82 Å². The average Bonchev–Trinajstić information content (AvgIpc) is 3.35. The molecule has 3 aromatic heterocycles. The van der Waals surface area contributed by atoms with Crippen molar-refractivity contribution < 1.29 is 4.39 Å². The normalized spacial score (nSPS) is 13.4. The minimum absolute atomic E-state index is 0.0523. The topological polar surface area (TPSA) is 63.6 Å². The average molecular weight is 398 g/mol. The lowest BCUT2D eigenvalue weighted by Crippen LogP contribution is -2.11. The zero-order chi connectivity index (χ0) is 18.4. The van der Waals surface area contributed by atoms with Crippen LogP contribution in [0.25, 0.3) is 15.9 Å². The summed E-state index contributed by atoms with van der Waals surface area (Å²) < 4.78 is 15.3. The van der Waals surface area contributed by atoms with Crippen molar-refractivity contribution in [2.24, 2.45) is 0 Å². The second-order valence-electron chi connectivity index (χ2n) is 6.40. The van der Waals surface area contributed by atoms with E-state index in [1.165, 1.54) is 34.3 Å². The Kier molecular flexibility index (Phi) is 4.09. The second-order valence-corrected chi connectivity index (χ2v) is 8.42. The van der Waals surface area contributed by atoms with Crippen LogP contribution < -0.4 is 5.56 Å². The summed E-state index contributed by atoms with van der Waals surface area (Å²) in [7, 11) is 0. The highest BCUT2D eigenvalue weighted by Gasteiger charge is 2.21. The van der Waals surface area contributed by atoms with E-state index in [1.807, 2.05) is 10.6 Å². The molecule has 0 aliphatic heterocycles. The van der Waals surface area contributed by atoms with Gasteiger partial charge in [-0.2, -0.15) is 0 Å². The smallest absolute Gasteiger partial charge is 0.259 e. The van der Waals surface area contributed by atoms with Crippen LogP contribution in [0.15, 0.2) is 46.6 Å². The first-order valence-electron chi connectivity index (χ1n) is 8.64. The molecule has 5 rings (SSSR count). The molecule has 0 saturated carbocycles. The molecule has 3 heterocycles. The third-order valence-corrected chi connectivity index (χ3v) is 6.82. The molecule has 5 nitrogen and oxygen atoms in total. The van der Waals surface area contributed by atoms with Gasteiger partial charge in [-0.3, -0.25) is 9.36 Å². The Morgan fingerprint density at radius 3 is 3.15 bits per heavy atom. The number of fused-ring (bicyclic) bond motifs is 3. The van der Waals surface area contributed by atoms with E-state index in [-0.39, 0.29) is 11.4 Å². The van der Waals surface area contributed by atoms with E-state index in [0.29, 0.717) is 17.3 Å². The van der Waals surface area contributed by atoms with Crippen LogP contribution in [0.4, 0.5) is 4.39 Å². The number of rotatable bonds is 4. The number of imidazole rings is 1. The van der Waals surface area contributed by atoms with Crippen molar-refractivity contribution >= 4 is 33.3 Å². The van der Waals surface area contributed by atoms with E-state index in [4.69, 9.17) is 0 Å². The van der Waals surface area contributed by atoms with Gasteiger partial charge in [-0.1, -0.05) is 17.8 Å². The summed E-state index contributed by atoms with van der Waals surface area (Å²) in [6.45, 7) is 0. The van der Waals surface area contributed by atoms with E-state index in [2.05, 4.69) is 15.0 Å². The molecule has 0 unspecified atom stereocenters.